The Balaban J connectivity index is 3.97. The molecule has 0 aromatic rings. The van der Waals surface area contributed by atoms with E-state index in [0.29, 0.717) is 6.42 Å². The fourth-order valence-corrected chi connectivity index (χ4v) is 3.95. The molecule has 0 saturated heterocycles. The Bertz CT molecular complexity index is 434. The standard InChI is InChI=1S/C26H50O2/c1-9-13-25(27)28-26(7,8)20-24(6)19-12-18-23(5)17-11-16-22(4)15-10-14-21(2)3/h20-23H,9-19H2,1-8H3. The Kier molecular flexibility index (Phi) is 14.7. The van der Waals surface area contributed by atoms with E-state index in [4.69, 9.17) is 4.74 Å². The summed E-state index contributed by atoms with van der Waals surface area (Å²) in [6, 6.07) is 0. The van der Waals surface area contributed by atoms with Gasteiger partial charge in [0.1, 0.15) is 5.60 Å². The maximum Gasteiger partial charge on any atom is 0.306 e. The second kappa shape index (κ2) is 15.1. The molecule has 0 bridgehead atoms. The largest absolute Gasteiger partial charge is 0.455 e. The summed E-state index contributed by atoms with van der Waals surface area (Å²) in [5, 5.41) is 0. The Morgan fingerprint density at radius 1 is 0.857 bits per heavy atom. The van der Waals surface area contributed by atoms with Gasteiger partial charge in [0.15, 0.2) is 0 Å². The number of allylic oxidation sites excluding steroid dienone is 1. The second-order valence-corrected chi connectivity index (χ2v) is 10.2. The van der Waals surface area contributed by atoms with Crippen molar-refractivity contribution in [3.63, 3.8) is 0 Å². The minimum absolute atomic E-state index is 0.0939. The van der Waals surface area contributed by atoms with E-state index in [2.05, 4.69) is 40.7 Å². The third-order valence-electron chi connectivity index (χ3n) is 5.57. The zero-order chi connectivity index (χ0) is 21.6. The molecule has 0 aromatic carbocycles. The van der Waals surface area contributed by atoms with Crippen molar-refractivity contribution in [2.75, 3.05) is 0 Å². The van der Waals surface area contributed by atoms with Crippen LogP contribution in [0.3, 0.4) is 0 Å². The van der Waals surface area contributed by atoms with Gasteiger partial charge in [-0.05, 0) is 63.9 Å². The highest BCUT2D eigenvalue weighted by Crippen LogP contribution is 2.23. The average Bonchev–Trinajstić information content (AvgIpc) is 2.53. The molecular weight excluding hydrogens is 344 g/mol. The van der Waals surface area contributed by atoms with E-state index in [1.807, 2.05) is 20.8 Å². The molecule has 2 atom stereocenters. The molecule has 0 rings (SSSR count). The molecule has 166 valence electrons. The van der Waals surface area contributed by atoms with Gasteiger partial charge in [-0.2, -0.15) is 0 Å². The minimum atomic E-state index is -0.492. The quantitative estimate of drug-likeness (QED) is 0.194. The lowest BCUT2D eigenvalue weighted by molar-refractivity contribution is -0.152. The molecule has 0 fully saturated rings. The molecule has 2 nitrogen and oxygen atoms in total. The van der Waals surface area contributed by atoms with Crippen LogP contribution in [0.15, 0.2) is 11.6 Å². The SMILES string of the molecule is CCCC(=O)OC(C)(C)C=C(C)CCCC(C)CCCC(C)CCCC(C)C. The number of hydrogen-bond acceptors (Lipinski definition) is 2. The normalized spacial score (nSPS) is 15.0. The van der Waals surface area contributed by atoms with E-state index in [1.54, 1.807) is 0 Å². The molecule has 0 aliphatic heterocycles. The van der Waals surface area contributed by atoms with E-state index in [0.717, 1.165) is 30.6 Å². The van der Waals surface area contributed by atoms with Gasteiger partial charge in [-0.1, -0.05) is 85.1 Å². The lowest BCUT2D eigenvalue weighted by Gasteiger charge is -2.22. The molecule has 0 aliphatic carbocycles. The molecule has 0 heterocycles. The molecule has 0 saturated carbocycles. The van der Waals surface area contributed by atoms with Crippen molar-refractivity contribution in [2.45, 2.75) is 132 Å². The van der Waals surface area contributed by atoms with E-state index >= 15 is 0 Å². The maximum absolute atomic E-state index is 11.7. The number of esters is 1. The first kappa shape index (κ1) is 27.2. The van der Waals surface area contributed by atoms with E-state index in [9.17, 15) is 4.79 Å². The van der Waals surface area contributed by atoms with Gasteiger partial charge in [0, 0.05) is 6.42 Å². The molecule has 2 heteroatoms. The highest BCUT2D eigenvalue weighted by molar-refractivity contribution is 5.70. The van der Waals surface area contributed by atoms with Crippen LogP contribution < -0.4 is 0 Å². The Morgan fingerprint density at radius 2 is 1.36 bits per heavy atom. The first-order valence-electron chi connectivity index (χ1n) is 12.0. The zero-order valence-corrected chi connectivity index (χ0v) is 20.4. The van der Waals surface area contributed by atoms with Crippen LogP contribution in [0.5, 0.6) is 0 Å². The van der Waals surface area contributed by atoms with Crippen molar-refractivity contribution < 1.29 is 9.53 Å². The van der Waals surface area contributed by atoms with Crippen LogP contribution in [0.1, 0.15) is 126 Å². The van der Waals surface area contributed by atoms with Crippen LogP contribution in [-0.4, -0.2) is 11.6 Å². The van der Waals surface area contributed by atoms with Crippen molar-refractivity contribution in [1.29, 1.82) is 0 Å². The summed E-state index contributed by atoms with van der Waals surface area (Å²) in [7, 11) is 0. The average molecular weight is 395 g/mol. The monoisotopic (exact) mass is 394 g/mol. The number of carbonyl (C=O) groups is 1. The minimum Gasteiger partial charge on any atom is -0.455 e. The van der Waals surface area contributed by atoms with Crippen molar-refractivity contribution in [2.24, 2.45) is 17.8 Å². The van der Waals surface area contributed by atoms with E-state index in [1.165, 1.54) is 56.9 Å². The van der Waals surface area contributed by atoms with Gasteiger partial charge in [-0.15, -0.1) is 0 Å². The summed E-state index contributed by atoms with van der Waals surface area (Å²) in [6.45, 7) is 17.6. The van der Waals surface area contributed by atoms with Gasteiger partial charge in [0.2, 0.25) is 0 Å². The topological polar surface area (TPSA) is 26.3 Å². The van der Waals surface area contributed by atoms with Crippen LogP contribution in [0, 0.1) is 17.8 Å². The molecule has 0 aromatic heterocycles. The van der Waals surface area contributed by atoms with Crippen LogP contribution in [0.4, 0.5) is 0 Å². The highest BCUT2D eigenvalue weighted by atomic mass is 16.6. The number of hydrogen-bond donors (Lipinski definition) is 0. The van der Waals surface area contributed by atoms with Gasteiger partial charge in [0.05, 0.1) is 0 Å². The van der Waals surface area contributed by atoms with Gasteiger partial charge in [-0.3, -0.25) is 4.79 Å². The molecule has 0 radical (unpaired) electrons. The van der Waals surface area contributed by atoms with Crippen LogP contribution >= 0.6 is 0 Å². The summed E-state index contributed by atoms with van der Waals surface area (Å²) in [5.74, 6) is 2.45. The fraction of sp³-hybridized carbons (Fsp3) is 0.885. The Hall–Kier alpha value is -0.790. The summed E-state index contributed by atoms with van der Waals surface area (Å²) >= 11 is 0. The summed E-state index contributed by atoms with van der Waals surface area (Å²) in [4.78, 5) is 11.7. The molecule has 2 unspecified atom stereocenters. The fourth-order valence-electron chi connectivity index (χ4n) is 3.95. The summed E-state index contributed by atoms with van der Waals surface area (Å²) in [5.41, 5.74) is 0.841. The molecule has 28 heavy (non-hydrogen) atoms. The van der Waals surface area contributed by atoms with Crippen LogP contribution in [0.25, 0.3) is 0 Å². The van der Waals surface area contributed by atoms with Crippen molar-refractivity contribution in [3.05, 3.63) is 11.6 Å². The first-order valence-corrected chi connectivity index (χ1v) is 12.0. The lowest BCUT2D eigenvalue weighted by atomic mass is 9.91. The molecule has 0 amide bonds. The number of rotatable bonds is 16. The zero-order valence-electron chi connectivity index (χ0n) is 20.4. The number of carbonyl (C=O) groups excluding carboxylic acids is 1. The van der Waals surface area contributed by atoms with Gasteiger partial charge in [0.25, 0.3) is 0 Å². The van der Waals surface area contributed by atoms with Crippen LogP contribution in [-0.2, 0) is 9.53 Å². The first-order chi connectivity index (χ1) is 13.1. The van der Waals surface area contributed by atoms with Crippen LogP contribution in [0.2, 0.25) is 0 Å². The predicted octanol–water partition coefficient (Wildman–Crippen LogP) is 8.49. The Morgan fingerprint density at radius 3 is 1.86 bits per heavy atom. The summed E-state index contributed by atoms with van der Waals surface area (Å²) < 4.78 is 5.58. The smallest absolute Gasteiger partial charge is 0.306 e. The van der Waals surface area contributed by atoms with Crippen molar-refractivity contribution >= 4 is 5.97 Å². The molecular formula is C26H50O2. The summed E-state index contributed by atoms with van der Waals surface area (Å²) in [6.07, 6.45) is 15.4. The van der Waals surface area contributed by atoms with Crippen molar-refractivity contribution in [1.82, 2.24) is 0 Å². The second-order valence-electron chi connectivity index (χ2n) is 10.2. The van der Waals surface area contributed by atoms with Crippen molar-refractivity contribution in [3.8, 4) is 0 Å². The Labute approximate surface area is 176 Å². The highest BCUT2D eigenvalue weighted by Gasteiger charge is 2.19. The lowest BCUT2D eigenvalue weighted by Crippen LogP contribution is -2.25. The molecule has 0 spiro atoms. The third-order valence-corrected chi connectivity index (χ3v) is 5.57. The van der Waals surface area contributed by atoms with E-state index in [-0.39, 0.29) is 5.97 Å². The molecule has 0 N–H and O–H groups in total. The number of ether oxygens (including phenoxy) is 1. The maximum atomic E-state index is 11.7. The predicted molar refractivity (Wildman–Crippen MR) is 124 cm³/mol. The van der Waals surface area contributed by atoms with Gasteiger partial charge >= 0.3 is 5.97 Å². The van der Waals surface area contributed by atoms with Gasteiger partial charge < -0.3 is 4.74 Å². The van der Waals surface area contributed by atoms with E-state index < -0.39 is 5.60 Å². The van der Waals surface area contributed by atoms with Gasteiger partial charge in [-0.25, -0.2) is 0 Å². The molecule has 0 aliphatic rings. The third kappa shape index (κ3) is 16.2.